The van der Waals surface area contributed by atoms with Gasteiger partial charge in [0.05, 0.1) is 10.6 Å². The number of rotatable bonds is 1. The first-order chi connectivity index (χ1) is 6.04. The first-order valence-corrected chi connectivity index (χ1v) is 5.08. The Morgan fingerprint density at radius 1 is 1.46 bits per heavy atom. The lowest BCUT2D eigenvalue weighted by atomic mass is 10.1. The molecule has 0 saturated heterocycles. The van der Waals surface area contributed by atoms with Crippen LogP contribution >= 0.6 is 27.5 Å². The fourth-order valence-electron chi connectivity index (χ4n) is 1.32. The first kappa shape index (κ1) is 9.44. The Kier molecular flexibility index (Phi) is 2.13. The van der Waals surface area contributed by atoms with Crippen LogP contribution in [-0.2, 0) is 5.60 Å². The second-order valence-electron chi connectivity index (χ2n) is 3.25. The SMILES string of the molecule is OC1(c2c(F)ccc(Cl)c2Br)CC1. The van der Waals surface area contributed by atoms with Gasteiger partial charge in [-0.25, -0.2) is 4.39 Å². The molecule has 70 valence electrons. The summed E-state index contributed by atoms with van der Waals surface area (Å²) in [4.78, 5) is 0. The van der Waals surface area contributed by atoms with Gasteiger partial charge in [0.25, 0.3) is 0 Å². The normalized spacial score (nSPS) is 18.8. The number of aliphatic hydroxyl groups is 1. The van der Waals surface area contributed by atoms with Crippen molar-refractivity contribution in [1.82, 2.24) is 0 Å². The van der Waals surface area contributed by atoms with Gasteiger partial charge in [-0.15, -0.1) is 0 Å². The molecule has 1 aliphatic carbocycles. The second-order valence-corrected chi connectivity index (χ2v) is 4.45. The quantitative estimate of drug-likeness (QED) is 0.773. The summed E-state index contributed by atoms with van der Waals surface area (Å²) in [6.07, 6.45) is 1.20. The topological polar surface area (TPSA) is 20.2 Å². The fourth-order valence-corrected chi connectivity index (χ4v) is 2.17. The van der Waals surface area contributed by atoms with Gasteiger partial charge in [-0.3, -0.25) is 0 Å². The largest absolute Gasteiger partial charge is 0.385 e. The van der Waals surface area contributed by atoms with Crippen molar-refractivity contribution in [3.05, 3.63) is 33.0 Å². The molecule has 1 saturated carbocycles. The Morgan fingerprint density at radius 2 is 2.08 bits per heavy atom. The van der Waals surface area contributed by atoms with Crippen LogP contribution in [0.25, 0.3) is 0 Å². The van der Waals surface area contributed by atoms with E-state index < -0.39 is 11.4 Å². The van der Waals surface area contributed by atoms with Gasteiger partial charge in [-0.2, -0.15) is 0 Å². The lowest BCUT2D eigenvalue weighted by Gasteiger charge is -2.12. The highest BCUT2D eigenvalue weighted by Crippen LogP contribution is 2.50. The molecule has 1 N–H and O–H groups in total. The van der Waals surface area contributed by atoms with Crippen LogP contribution < -0.4 is 0 Å². The average Bonchev–Trinajstić information content (AvgIpc) is 2.78. The molecule has 1 nitrogen and oxygen atoms in total. The Morgan fingerprint density at radius 3 is 2.62 bits per heavy atom. The molecule has 1 fully saturated rings. The zero-order valence-electron chi connectivity index (χ0n) is 6.65. The van der Waals surface area contributed by atoms with E-state index in [0.717, 1.165) is 0 Å². The summed E-state index contributed by atoms with van der Waals surface area (Å²) < 4.78 is 13.8. The molecule has 1 aromatic rings. The maximum Gasteiger partial charge on any atom is 0.130 e. The van der Waals surface area contributed by atoms with E-state index in [9.17, 15) is 9.50 Å². The minimum Gasteiger partial charge on any atom is -0.385 e. The Labute approximate surface area is 88.7 Å². The summed E-state index contributed by atoms with van der Waals surface area (Å²) in [6.45, 7) is 0. The van der Waals surface area contributed by atoms with Crippen LogP contribution in [0.3, 0.4) is 0 Å². The highest BCUT2D eigenvalue weighted by Gasteiger charge is 2.45. The molecule has 4 heteroatoms. The van der Waals surface area contributed by atoms with Gasteiger partial charge in [0.2, 0.25) is 0 Å². The Bertz CT molecular complexity index is 363. The Hall–Kier alpha value is -0.120. The molecule has 0 aliphatic heterocycles. The Balaban J connectivity index is 2.61. The molecule has 0 radical (unpaired) electrons. The van der Waals surface area contributed by atoms with E-state index >= 15 is 0 Å². The maximum absolute atomic E-state index is 13.3. The van der Waals surface area contributed by atoms with Crippen LogP contribution in [0, 0.1) is 5.82 Å². The van der Waals surface area contributed by atoms with Crippen molar-refractivity contribution in [1.29, 1.82) is 0 Å². The molecule has 0 unspecified atom stereocenters. The summed E-state index contributed by atoms with van der Waals surface area (Å²) in [5.41, 5.74) is -0.701. The zero-order valence-corrected chi connectivity index (χ0v) is 8.99. The van der Waals surface area contributed by atoms with E-state index in [-0.39, 0.29) is 0 Å². The molecule has 0 spiro atoms. The van der Waals surface area contributed by atoms with Crippen molar-refractivity contribution in [3.63, 3.8) is 0 Å². The number of halogens is 3. The van der Waals surface area contributed by atoms with Gasteiger partial charge < -0.3 is 5.11 Å². The van der Waals surface area contributed by atoms with Crippen molar-refractivity contribution in [2.45, 2.75) is 18.4 Å². The maximum atomic E-state index is 13.3. The van der Waals surface area contributed by atoms with Gasteiger partial charge in [0, 0.05) is 10.0 Å². The van der Waals surface area contributed by atoms with Crippen LogP contribution in [0.15, 0.2) is 16.6 Å². The first-order valence-electron chi connectivity index (χ1n) is 3.91. The highest BCUT2D eigenvalue weighted by molar-refractivity contribution is 9.10. The minimum absolute atomic E-state index is 0.292. The molecule has 13 heavy (non-hydrogen) atoms. The van der Waals surface area contributed by atoms with E-state index in [1.165, 1.54) is 12.1 Å². The van der Waals surface area contributed by atoms with Gasteiger partial charge in [0.1, 0.15) is 5.82 Å². The number of hydrogen-bond donors (Lipinski definition) is 1. The summed E-state index contributed by atoms with van der Waals surface area (Å²) in [7, 11) is 0. The average molecular weight is 266 g/mol. The van der Waals surface area contributed by atoms with E-state index in [4.69, 9.17) is 11.6 Å². The van der Waals surface area contributed by atoms with Gasteiger partial charge in [0.15, 0.2) is 0 Å². The standard InChI is InChI=1S/C9H7BrClFO/c10-8-5(11)1-2-6(12)7(8)9(13)3-4-9/h1-2,13H,3-4H2. The molecule has 1 aliphatic rings. The lowest BCUT2D eigenvalue weighted by Crippen LogP contribution is -2.08. The summed E-state index contributed by atoms with van der Waals surface area (Å²) in [6, 6.07) is 2.74. The monoisotopic (exact) mass is 264 g/mol. The predicted octanol–water partition coefficient (Wildman–Crippen LogP) is 3.22. The number of hydrogen-bond acceptors (Lipinski definition) is 1. The van der Waals surface area contributed by atoms with E-state index in [2.05, 4.69) is 15.9 Å². The molecular weight excluding hydrogens is 258 g/mol. The predicted molar refractivity (Wildman–Crippen MR) is 52.2 cm³/mol. The molecule has 0 heterocycles. The lowest BCUT2D eigenvalue weighted by molar-refractivity contribution is 0.146. The van der Waals surface area contributed by atoms with Crippen molar-refractivity contribution < 1.29 is 9.50 Å². The molecular formula is C9H7BrClFO. The van der Waals surface area contributed by atoms with Crippen LogP contribution in [0.5, 0.6) is 0 Å². The van der Waals surface area contributed by atoms with Crippen molar-refractivity contribution in [3.8, 4) is 0 Å². The highest BCUT2D eigenvalue weighted by atomic mass is 79.9. The van der Waals surface area contributed by atoms with E-state index in [1.807, 2.05) is 0 Å². The van der Waals surface area contributed by atoms with Gasteiger partial charge in [-0.05, 0) is 40.9 Å². The summed E-state index contributed by atoms with van der Waals surface area (Å²) in [5.74, 6) is -0.406. The van der Waals surface area contributed by atoms with Crippen LogP contribution in [0.1, 0.15) is 18.4 Å². The molecule has 0 amide bonds. The summed E-state index contributed by atoms with van der Waals surface area (Å²) >= 11 is 8.97. The van der Waals surface area contributed by atoms with Crippen molar-refractivity contribution in [2.24, 2.45) is 0 Å². The third-order valence-corrected chi connectivity index (χ3v) is 3.60. The van der Waals surface area contributed by atoms with Gasteiger partial charge in [-0.1, -0.05) is 11.6 Å². The molecule has 0 aromatic heterocycles. The van der Waals surface area contributed by atoms with Crippen LogP contribution in [0.2, 0.25) is 5.02 Å². The van der Waals surface area contributed by atoms with Crippen LogP contribution in [0.4, 0.5) is 4.39 Å². The molecule has 0 bridgehead atoms. The summed E-state index contributed by atoms with van der Waals surface area (Å²) in [5, 5.41) is 10.2. The third-order valence-electron chi connectivity index (χ3n) is 2.23. The van der Waals surface area contributed by atoms with E-state index in [0.29, 0.717) is 27.9 Å². The second kappa shape index (κ2) is 2.94. The molecule has 0 atom stereocenters. The third kappa shape index (κ3) is 1.49. The molecule has 2 rings (SSSR count). The van der Waals surface area contributed by atoms with Crippen molar-refractivity contribution in [2.75, 3.05) is 0 Å². The zero-order chi connectivity index (χ0) is 9.64. The minimum atomic E-state index is -0.992. The van der Waals surface area contributed by atoms with E-state index in [1.54, 1.807) is 0 Å². The smallest absolute Gasteiger partial charge is 0.130 e. The fraction of sp³-hybridized carbons (Fsp3) is 0.333. The number of benzene rings is 1. The molecule has 1 aromatic carbocycles. The van der Waals surface area contributed by atoms with Crippen LogP contribution in [-0.4, -0.2) is 5.11 Å². The van der Waals surface area contributed by atoms with Crippen molar-refractivity contribution >= 4 is 27.5 Å². The van der Waals surface area contributed by atoms with Gasteiger partial charge >= 0.3 is 0 Å².